The molecule has 0 aliphatic rings. The first kappa shape index (κ1) is 14.2. The van der Waals surface area contributed by atoms with Crippen molar-refractivity contribution in [2.75, 3.05) is 19.4 Å². The Morgan fingerprint density at radius 2 is 1.94 bits per heavy atom. The van der Waals surface area contributed by atoms with Crippen LogP contribution in [0.2, 0.25) is 0 Å². The number of benzene rings is 1. The fraction of sp³-hybridized carbons (Fsp3) is 0.385. The van der Waals surface area contributed by atoms with Crippen LogP contribution in [0.1, 0.15) is 12.5 Å². The summed E-state index contributed by atoms with van der Waals surface area (Å²) < 4.78 is 0. The van der Waals surface area contributed by atoms with Gasteiger partial charge in [0.15, 0.2) is 0 Å². The lowest BCUT2D eigenvalue weighted by Gasteiger charge is -2.15. The Kier molecular flexibility index (Phi) is 4.85. The molecule has 1 atom stereocenters. The van der Waals surface area contributed by atoms with E-state index < -0.39 is 17.8 Å². The van der Waals surface area contributed by atoms with E-state index in [9.17, 15) is 9.59 Å². The Hall–Kier alpha value is -1.88. The highest BCUT2D eigenvalue weighted by Crippen LogP contribution is 2.17. The third-order valence-corrected chi connectivity index (χ3v) is 2.53. The fourth-order valence-electron chi connectivity index (χ4n) is 1.47. The summed E-state index contributed by atoms with van der Waals surface area (Å²) in [6.45, 7) is 2.05. The quantitative estimate of drug-likeness (QED) is 0.775. The highest BCUT2D eigenvalue weighted by Gasteiger charge is 2.21. The molecule has 0 aromatic heterocycles. The summed E-state index contributed by atoms with van der Waals surface area (Å²) in [6.07, 6.45) is 0. The van der Waals surface area contributed by atoms with Crippen molar-refractivity contribution in [1.29, 1.82) is 0 Å². The number of carboxylic acids is 1. The van der Waals surface area contributed by atoms with E-state index >= 15 is 0 Å². The Bertz CT molecular complexity index is 444. The molecule has 0 spiro atoms. The Morgan fingerprint density at radius 1 is 1.33 bits per heavy atom. The van der Waals surface area contributed by atoms with Gasteiger partial charge in [-0.25, -0.2) is 0 Å². The molecule has 0 radical (unpaired) electrons. The van der Waals surface area contributed by atoms with E-state index in [0.29, 0.717) is 12.2 Å². The van der Waals surface area contributed by atoms with Crippen LogP contribution in [0.5, 0.6) is 0 Å². The third kappa shape index (κ3) is 3.85. The number of carbonyl (C=O) groups excluding carboxylic acids is 1. The van der Waals surface area contributed by atoms with Gasteiger partial charge in [0.1, 0.15) is 5.92 Å². The van der Waals surface area contributed by atoms with E-state index in [4.69, 9.17) is 5.11 Å². The summed E-state index contributed by atoms with van der Waals surface area (Å²) in [4.78, 5) is 24.4. The summed E-state index contributed by atoms with van der Waals surface area (Å²) in [5.41, 5.74) is 1.61. The van der Waals surface area contributed by atoms with Gasteiger partial charge in [0.2, 0.25) is 5.91 Å². The summed E-state index contributed by atoms with van der Waals surface area (Å²) in [5, 5.41) is 11.4. The summed E-state index contributed by atoms with van der Waals surface area (Å²) in [6, 6.07) is 7.36. The summed E-state index contributed by atoms with van der Waals surface area (Å²) in [5.74, 6) is -2.69. The molecular weight excluding hydrogens is 232 g/mol. The number of carbonyl (C=O) groups is 2. The predicted molar refractivity (Wildman–Crippen MR) is 69.3 cm³/mol. The molecule has 0 aliphatic carbocycles. The monoisotopic (exact) mass is 250 g/mol. The van der Waals surface area contributed by atoms with Crippen molar-refractivity contribution >= 4 is 17.6 Å². The average Bonchev–Trinajstić information content (AvgIpc) is 2.29. The molecule has 0 saturated carbocycles. The number of nitrogens with zero attached hydrogens (tertiary/aromatic N) is 1. The lowest BCUT2D eigenvalue weighted by atomic mass is 10.1. The zero-order chi connectivity index (χ0) is 13.7. The number of nitrogens with one attached hydrogen (secondary N) is 1. The highest BCUT2D eigenvalue weighted by atomic mass is 16.4. The molecule has 0 fully saturated rings. The van der Waals surface area contributed by atoms with Crippen molar-refractivity contribution in [3.63, 3.8) is 0 Å². The van der Waals surface area contributed by atoms with E-state index in [1.807, 2.05) is 31.1 Å². The maximum atomic E-state index is 11.7. The van der Waals surface area contributed by atoms with Crippen molar-refractivity contribution in [3.8, 4) is 0 Å². The second kappa shape index (κ2) is 6.16. The number of anilines is 1. The second-order valence-electron chi connectivity index (χ2n) is 4.44. The zero-order valence-corrected chi connectivity index (χ0v) is 10.8. The van der Waals surface area contributed by atoms with Crippen LogP contribution in [-0.4, -0.2) is 36.0 Å². The lowest BCUT2D eigenvalue weighted by Crippen LogP contribution is -2.27. The molecule has 1 aromatic carbocycles. The largest absolute Gasteiger partial charge is 0.481 e. The maximum Gasteiger partial charge on any atom is 0.315 e. The average molecular weight is 250 g/mol. The molecule has 1 aromatic rings. The van der Waals surface area contributed by atoms with Gasteiger partial charge in [-0.15, -0.1) is 0 Å². The number of rotatable bonds is 5. The van der Waals surface area contributed by atoms with Crippen molar-refractivity contribution < 1.29 is 14.7 Å². The van der Waals surface area contributed by atoms with E-state index in [0.717, 1.165) is 5.56 Å². The van der Waals surface area contributed by atoms with Crippen molar-refractivity contribution in [2.45, 2.75) is 13.5 Å². The topological polar surface area (TPSA) is 69.6 Å². The molecule has 1 rings (SSSR count). The smallest absolute Gasteiger partial charge is 0.315 e. The number of amides is 1. The van der Waals surface area contributed by atoms with Crippen LogP contribution in [0.3, 0.4) is 0 Å². The van der Waals surface area contributed by atoms with Gasteiger partial charge in [-0.2, -0.15) is 0 Å². The fourth-order valence-corrected chi connectivity index (χ4v) is 1.47. The van der Waals surface area contributed by atoms with E-state index in [2.05, 4.69) is 5.32 Å². The molecule has 0 bridgehead atoms. The third-order valence-electron chi connectivity index (χ3n) is 2.53. The van der Waals surface area contributed by atoms with Crippen molar-refractivity contribution in [3.05, 3.63) is 29.8 Å². The number of carboxylic acid groups (broad SMARTS) is 1. The van der Waals surface area contributed by atoms with E-state index in [1.165, 1.54) is 6.92 Å². The van der Waals surface area contributed by atoms with E-state index in [1.54, 1.807) is 12.1 Å². The van der Waals surface area contributed by atoms with Crippen LogP contribution < -0.4 is 5.32 Å². The van der Waals surface area contributed by atoms with Gasteiger partial charge in [0.25, 0.3) is 0 Å². The molecule has 0 saturated heterocycles. The SMILES string of the molecule is CC(C(=O)O)C(=O)Nc1ccccc1CN(C)C. The lowest BCUT2D eigenvalue weighted by molar-refractivity contribution is -0.144. The van der Waals surface area contributed by atoms with Gasteiger partial charge in [-0.05, 0) is 32.6 Å². The predicted octanol–water partition coefficient (Wildman–Crippen LogP) is 1.41. The first-order valence-corrected chi connectivity index (χ1v) is 5.68. The molecule has 5 heteroatoms. The number of aliphatic carboxylic acids is 1. The van der Waals surface area contributed by atoms with Crippen LogP contribution in [0, 0.1) is 5.92 Å². The van der Waals surface area contributed by atoms with Crippen LogP contribution in [0.25, 0.3) is 0 Å². The van der Waals surface area contributed by atoms with Crippen molar-refractivity contribution in [1.82, 2.24) is 4.90 Å². The highest BCUT2D eigenvalue weighted by molar-refractivity contribution is 6.04. The molecule has 1 unspecified atom stereocenters. The van der Waals surface area contributed by atoms with Gasteiger partial charge < -0.3 is 15.3 Å². The molecule has 0 aliphatic heterocycles. The Labute approximate surface area is 106 Å². The number of hydrogen-bond acceptors (Lipinski definition) is 3. The summed E-state index contributed by atoms with van der Waals surface area (Å²) in [7, 11) is 3.86. The first-order valence-electron chi connectivity index (χ1n) is 5.68. The molecule has 18 heavy (non-hydrogen) atoms. The minimum absolute atomic E-state index is 0.506. The molecule has 98 valence electrons. The zero-order valence-electron chi connectivity index (χ0n) is 10.8. The standard InChI is InChI=1S/C13H18N2O3/c1-9(13(17)18)12(16)14-11-7-5-4-6-10(11)8-15(2)3/h4-7,9H,8H2,1-3H3,(H,14,16)(H,17,18). The van der Waals surface area contributed by atoms with Gasteiger partial charge >= 0.3 is 5.97 Å². The van der Waals surface area contributed by atoms with E-state index in [-0.39, 0.29) is 0 Å². The molecule has 5 nitrogen and oxygen atoms in total. The minimum Gasteiger partial charge on any atom is -0.481 e. The number of para-hydroxylation sites is 1. The van der Waals surface area contributed by atoms with Gasteiger partial charge in [-0.1, -0.05) is 18.2 Å². The van der Waals surface area contributed by atoms with Crippen LogP contribution in [0.4, 0.5) is 5.69 Å². The molecular formula is C13H18N2O3. The van der Waals surface area contributed by atoms with Crippen LogP contribution in [-0.2, 0) is 16.1 Å². The van der Waals surface area contributed by atoms with Crippen LogP contribution in [0.15, 0.2) is 24.3 Å². The summed E-state index contributed by atoms with van der Waals surface area (Å²) >= 11 is 0. The van der Waals surface area contributed by atoms with Crippen LogP contribution >= 0.6 is 0 Å². The minimum atomic E-state index is -1.13. The van der Waals surface area contributed by atoms with Gasteiger partial charge in [0.05, 0.1) is 0 Å². The molecule has 1 amide bonds. The Morgan fingerprint density at radius 3 is 2.50 bits per heavy atom. The Balaban J connectivity index is 2.84. The maximum absolute atomic E-state index is 11.7. The van der Waals surface area contributed by atoms with Gasteiger partial charge in [0, 0.05) is 12.2 Å². The normalized spacial score (nSPS) is 12.2. The first-order chi connectivity index (χ1) is 8.41. The van der Waals surface area contributed by atoms with Crippen molar-refractivity contribution in [2.24, 2.45) is 5.92 Å². The second-order valence-corrected chi connectivity index (χ2v) is 4.44. The van der Waals surface area contributed by atoms with Gasteiger partial charge in [-0.3, -0.25) is 9.59 Å². The molecule has 0 heterocycles. The number of hydrogen-bond donors (Lipinski definition) is 2. The molecule has 2 N–H and O–H groups in total.